The number of rotatable bonds is 1. The van der Waals surface area contributed by atoms with Gasteiger partial charge in [-0.15, -0.1) is 0 Å². The van der Waals surface area contributed by atoms with Crippen molar-refractivity contribution in [3.05, 3.63) is 39.6 Å². The van der Waals surface area contributed by atoms with Crippen LogP contribution in [0.4, 0.5) is 5.82 Å². The van der Waals surface area contributed by atoms with Crippen molar-refractivity contribution in [2.45, 2.75) is 0 Å². The van der Waals surface area contributed by atoms with E-state index in [1.54, 1.807) is 18.2 Å². The van der Waals surface area contributed by atoms with Gasteiger partial charge in [0, 0.05) is 16.7 Å². The van der Waals surface area contributed by atoms with Crippen LogP contribution in [-0.2, 0) is 0 Å². The highest BCUT2D eigenvalue weighted by Crippen LogP contribution is 2.36. The number of nitrogens with two attached hydrogens (primary N) is 1. The summed E-state index contributed by atoms with van der Waals surface area (Å²) < 4.78 is 0. The summed E-state index contributed by atoms with van der Waals surface area (Å²) in [5.74, 6) is 0.354. The average molecular weight is 275 g/mol. The van der Waals surface area contributed by atoms with Crippen LogP contribution in [0.15, 0.2) is 24.5 Å². The molecule has 1 aromatic carbocycles. The Kier molecular flexibility index (Phi) is 3.19. The predicted octanol–water partition coefficient (Wildman–Crippen LogP) is 3.69. The van der Waals surface area contributed by atoms with Crippen molar-refractivity contribution in [2.24, 2.45) is 0 Å². The molecule has 0 aliphatic heterocycles. The van der Waals surface area contributed by atoms with Crippen LogP contribution in [0.5, 0.6) is 0 Å². The molecule has 0 fully saturated rings. The van der Waals surface area contributed by atoms with E-state index in [9.17, 15) is 0 Å². The smallest absolute Gasteiger partial charge is 0.127 e. The van der Waals surface area contributed by atoms with Crippen LogP contribution in [0.2, 0.25) is 15.1 Å². The molecular weight excluding hydrogens is 268 g/mol. The number of hydrogen-bond donors (Lipinski definition) is 1. The van der Waals surface area contributed by atoms with Gasteiger partial charge in [0.05, 0.1) is 15.7 Å². The molecule has 16 heavy (non-hydrogen) atoms. The Labute approximate surface area is 107 Å². The van der Waals surface area contributed by atoms with E-state index in [-0.39, 0.29) is 0 Å². The molecule has 0 saturated heterocycles. The summed E-state index contributed by atoms with van der Waals surface area (Å²) in [5.41, 5.74) is 6.73. The molecule has 82 valence electrons. The Morgan fingerprint density at radius 3 is 2.12 bits per heavy atom. The summed E-state index contributed by atoms with van der Waals surface area (Å²) in [6.45, 7) is 0. The van der Waals surface area contributed by atoms with Crippen molar-refractivity contribution in [2.75, 3.05) is 5.73 Å². The molecule has 2 aromatic rings. The Morgan fingerprint density at radius 2 is 1.56 bits per heavy atom. The van der Waals surface area contributed by atoms with Crippen LogP contribution in [0.1, 0.15) is 0 Å². The number of aromatic nitrogens is 2. The van der Waals surface area contributed by atoms with E-state index in [1.807, 2.05) is 0 Å². The highest BCUT2D eigenvalue weighted by atomic mass is 35.5. The van der Waals surface area contributed by atoms with E-state index >= 15 is 0 Å². The molecule has 0 spiro atoms. The first-order valence-electron chi connectivity index (χ1n) is 4.30. The van der Waals surface area contributed by atoms with Gasteiger partial charge in [0.1, 0.15) is 12.1 Å². The molecule has 0 aliphatic rings. The number of benzene rings is 1. The van der Waals surface area contributed by atoms with Gasteiger partial charge in [-0.3, -0.25) is 0 Å². The van der Waals surface area contributed by atoms with Crippen LogP contribution in [-0.4, -0.2) is 9.97 Å². The van der Waals surface area contributed by atoms with Gasteiger partial charge in [-0.25, -0.2) is 9.97 Å². The third-order valence-corrected chi connectivity index (χ3v) is 2.77. The topological polar surface area (TPSA) is 51.8 Å². The molecule has 2 N–H and O–H groups in total. The molecule has 0 amide bonds. The molecule has 2 rings (SSSR count). The number of hydrogen-bond acceptors (Lipinski definition) is 3. The third-order valence-electron chi connectivity index (χ3n) is 1.95. The van der Waals surface area contributed by atoms with E-state index in [4.69, 9.17) is 40.5 Å². The van der Waals surface area contributed by atoms with Gasteiger partial charge in [-0.05, 0) is 12.1 Å². The second-order valence-electron chi connectivity index (χ2n) is 3.07. The van der Waals surface area contributed by atoms with Gasteiger partial charge in [0.15, 0.2) is 0 Å². The quantitative estimate of drug-likeness (QED) is 0.863. The summed E-state index contributed by atoms with van der Waals surface area (Å²) in [7, 11) is 0. The van der Waals surface area contributed by atoms with Crippen LogP contribution < -0.4 is 5.73 Å². The summed E-state index contributed by atoms with van der Waals surface area (Å²) in [5, 5.41) is 1.33. The van der Waals surface area contributed by atoms with Crippen molar-refractivity contribution in [3.8, 4) is 11.3 Å². The monoisotopic (exact) mass is 273 g/mol. The van der Waals surface area contributed by atoms with Gasteiger partial charge in [-0.1, -0.05) is 34.8 Å². The lowest BCUT2D eigenvalue weighted by atomic mass is 10.1. The fourth-order valence-corrected chi connectivity index (χ4v) is 2.31. The molecule has 0 bridgehead atoms. The van der Waals surface area contributed by atoms with Crippen molar-refractivity contribution >= 4 is 40.6 Å². The summed E-state index contributed by atoms with van der Waals surface area (Å²) in [4.78, 5) is 7.85. The van der Waals surface area contributed by atoms with E-state index < -0.39 is 0 Å². The molecular formula is C10H6Cl3N3. The highest BCUT2D eigenvalue weighted by molar-refractivity contribution is 6.41. The molecule has 0 aliphatic carbocycles. The van der Waals surface area contributed by atoms with E-state index in [0.717, 1.165) is 0 Å². The van der Waals surface area contributed by atoms with Crippen LogP contribution in [0, 0.1) is 0 Å². The zero-order valence-corrected chi connectivity index (χ0v) is 10.2. The molecule has 0 radical (unpaired) electrons. The van der Waals surface area contributed by atoms with Crippen molar-refractivity contribution < 1.29 is 0 Å². The average Bonchev–Trinajstić information content (AvgIpc) is 2.15. The predicted molar refractivity (Wildman–Crippen MR) is 66.9 cm³/mol. The largest absolute Gasteiger partial charge is 0.384 e. The zero-order chi connectivity index (χ0) is 11.7. The first kappa shape index (κ1) is 11.5. The minimum absolute atomic E-state index is 0.354. The Balaban J connectivity index is 2.64. The van der Waals surface area contributed by atoms with Gasteiger partial charge >= 0.3 is 0 Å². The van der Waals surface area contributed by atoms with Gasteiger partial charge in [-0.2, -0.15) is 0 Å². The van der Waals surface area contributed by atoms with Crippen LogP contribution in [0.3, 0.4) is 0 Å². The third kappa shape index (κ3) is 2.21. The summed E-state index contributed by atoms with van der Waals surface area (Å²) in [6, 6.07) is 4.80. The first-order valence-corrected chi connectivity index (χ1v) is 5.44. The maximum absolute atomic E-state index is 6.05. The minimum Gasteiger partial charge on any atom is -0.384 e. The fraction of sp³-hybridized carbons (Fsp3) is 0. The lowest BCUT2D eigenvalue weighted by molar-refractivity contribution is 1.18. The standard InChI is InChI=1S/C10H6Cl3N3/c11-5-1-6(12)10(7(13)2-5)8-3-9(14)16-4-15-8/h1-4H,(H2,14,15,16). The van der Waals surface area contributed by atoms with Crippen molar-refractivity contribution in [1.29, 1.82) is 0 Å². The fourth-order valence-electron chi connectivity index (χ4n) is 1.30. The van der Waals surface area contributed by atoms with E-state index in [1.165, 1.54) is 6.33 Å². The van der Waals surface area contributed by atoms with Crippen LogP contribution >= 0.6 is 34.8 Å². The zero-order valence-electron chi connectivity index (χ0n) is 7.92. The van der Waals surface area contributed by atoms with Crippen molar-refractivity contribution in [3.63, 3.8) is 0 Å². The van der Waals surface area contributed by atoms with Crippen LogP contribution in [0.25, 0.3) is 11.3 Å². The molecule has 0 unspecified atom stereocenters. The molecule has 0 saturated carbocycles. The van der Waals surface area contributed by atoms with Gasteiger partial charge < -0.3 is 5.73 Å². The normalized spacial score (nSPS) is 10.4. The number of anilines is 1. The van der Waals surface area contributed by atoms with Crippen molar-refractivity contribution in [1.82, 2.24) is 9.97 Å². The summed E-state index contributed by atoms with van der Waals surface area (Å²) in [6.07, 6.45) is 1.35. The Bertz CT molecular complexity index is 520. The summed E-state index contributed by atoms with van der Waals surface area (Å²) >= 11 is 17.9. The molecule has 3 nitrogen and oxygen atoms in total. The number of nitrogens with zero attached hydrogens (tertiary/aromatic N) is 2. The SMILES string of the molecule is Nc1cc(-c2c(Cl)cc(Cl)cc2Cl)ncn1. The molecule has 1 heterocycles. The van der Waals surface area contributed by atoms with E-state index in [2.05, 4.69) is 9.97 Å². The second-order valence-corrected chi connectivity index (χ2v) is 4.32. The molecule has 6 heteroatoms. The number of halogens is 3. The lowest BCUT2D eigenvalue weighted by Gasteiger charge is -2.07. The van der Waals surface area contributed by atoms with E-state index in [0.29, 0.717) is 32.1 Å². The lowest BCUT2D eigenvalue weighted by Crippen LogP contribution is -1.93. The molecule has 1 aromatic heterocycles. The maximum Gasteiger partial charge on any atom is 0.127 e. The first-order chi connectivity index (χ1) is 7.58. The Morgan fingerprint density at radius 1 is 0.938 bits per heavy atom. The van der Waals surface area contributed by atoms with Gasteiger partial charge in [0.25, 0.3) is 0 Å². The molecule has 0 atom stereocenters. The number of nitrogen functional groups attached to an aromatic ring is 1. The minimum atomic E-state index is 0.354. The van der Waals surface area contributed by atoms with Gasteiger partial charge in [0.2, 0.25) is 0 Å². The second kappa shape index (κ2) is 4.45. The highest BCUT2D eigenvalue weighted by Gasteiger charge is 2.11. The Hall–Kier alpha value is -1.03. The maximum atomic E-state index is 6.05.